The Hall–Kier alpha value is -2.63. The average Bonchev–Trinajstić information content (AvgIpc) is 3.17. The first-order valence-electron chi connectivity index (χ1n) is 20.4. The molecule has 0 aromatic rings. The van der Waals surface area contributed by atoms with Gasteiger partial charge < -0.3 is 29.7 Å². The number of unbranched alkanes of at least 4 members (excludes halogenated alkanes) is 7. The second-order valence-corrected chi connectivity index (χ2v) is 15.2. The second-order valence-electron chi connectivity index (χ2n) is 13.7. The van der Waals surface area contributed by atoms with E-state index in [1.54, 1.807) is 6.08 Å². The Morgan fingerprint density at radius 2 is 1.29 bits per heavy atom. The Labute approximate surface area is 331 Å². The number of hydrogen-bond donors (Lipinski definition) is 4. The van der Waals surface area contributed by atoms with E-state index in [1.807, 2.05) is 48.6 Å². The Morgan fingerprint density at radius 1 is 0.691 bits per heavy atom. The molecule has 4 N–H and O–H groups in total. The van der Waals surface area contributed by atoms with Gasteiger partial charge in [-0.25, -0.2) is 4.57 Å². The minimum absolute atomic E-state index is 0.0405. The number of aliphatic hydroxyl groups excluding tert-OH is 3. The van der Waals surface area contributed by atoms with E-state index < -0.39 is 57.9 Å². The van der Waals surface area contributed by atoms with Crippen molar-refractivity contribution < 1.29 is 52.9 Å². The van der Waals surface area contributed by atoms with Gasteiger partial charge >= 0.3 is 19.8 Å². The maximum atomic E-state index is 12.6. The quantitative estimate of drug-likeness (QED) is 0.0157. The van der Waals surface area contributed by atoms with Gasteiger partial charge in [-0.1, -0.05) is 151 Å². The van der Waals surface area contributed by atoms with Gasteiger partial charge in [-0.15, -0.1) is 0 Å². The summed E-state index contributed by atoms with van der Waals surface area (Å²) in [6.45, 7) is 4.35. The van der Waals surface area contributed by atoms with E-state index >= 15 is 0 Å². The summed E-state index contributed by atoms with van der Waals surface area (Å²) in [5.41, 5.74) is 0. The third-order valence-corrected chi connectivity index (χ3v) is 9.46. The van der Waals surface area contributed by atoms with E-state index in [-0.39, 0.29) is 19.4 Å². The fourth-order valence-electron chi connectivity index (χ4n) is 4.96. The van der Waals surface area contributed by atoms with Crippen LogP contribution < -0.4 is 0 Å². The van der Waals surface area contributed by atoms with Crippen LogP contribution in [0.2, 0.25) is 0 Å². The number of phosphoric ester groups is 1. The highest BCUT2D eigenvalue weighted by Gasteiger charge is 2.27. The van der Waals surface area contributed by atoms with Crippen molar-refractivity contribution in [2.75, 3.05) is 26.4 Å². The Kier molecular flexibility index (Phi) is 35.2. The number of ether oxygens (including phenoxy) is 2. The third-order valence-electron chi connectivity index (χ3n) is 8.51. The number of aliphatic hydroxyl groups is 3. The summed E-state index contributed by atoms with van der Waals surface area (Å²) < 4.78 is 32.5. The molecule has 0 spiro atoms. The zero-order valence-corrected chi connectivity index (χ0v) is 34.8. The molecule has 0 fully saturated rings. The lowest BCUT2D eigenvalue weighted by atomic mass is 9.99. The van der Waals surface area contributed by atoms with E-state index in [2.05, 4.69) is 43.5 Å². The molecule has 0 aliphatic heterocycles. The molecule has 55 heavy (non-hydrogen) atoms. The summed E-state index contributed by atoms with van der Waals surface area (Å²) in [4.78, 5) is 34.9. The fourth-order valence-corrected chi connectivity index (χ4v) is 5.75. The lowest BCUT2D eigenvalue weighted by Gasteiger charge is -2.20. The van der Waals surface area contributed by atoms with E-state index in [1.165, 1.54) is 38.5 Å². The van der Waals surface area contributed by atoms with Crippen LogP contribution >= 0.6 is 7.82 Å². The molecule has 0 saturated heterocycles. The maximum Gasteiger partial charge on any atom is 0.472 e. The van der Waals surface area contributed by atoms with Gasteiger partial charge in [0.1, 0.15) is 12.7 Å². The SMILES string of the molecule is CC/C=C\CC(O)/C=C/C=C/C/C=C\C/C=C\C/C=C\CCC(=O)O[C@H](COC(=O)CCCCCCCCCCC(C)CC)COP(=O)(O)OC[C@@H](O)CO. The van der Waals surface area contributed by atoms with Gasteiger partial charge in [-0.3, -0.25) is 18.6 Å². The van der Waals surface area contributed by atoms with Gasteiger partial charge in [-0.2, -0.15) is 0 Å². The molecule has 0 aliphatic rings. The normalized spacial score (nSPS) is 15.8. The van der Waals surface area contributed by atoms with Crippen LogP contribution in [-0.2, 0) is 32.7 Å². The summed E-state index contributed by atoms with van der Waals surface area (Å²) in [6.07, 6.45) is 36.5. The molecule has 3 unspecified atom stereocenters. The number of rotatable bonds is 36. The molecule has 0 aliphatic carbocycles. The van der Waals surface area contributed by atoms with Crippen molar-refractivity contribution in [3.63, 3.8) is 0 Å². The van der Waals surface area contributed by atoms with Crippen LogP contribution in [0.1, 0.15) is 136 Å². The Bertz CT molecular complexity index is 1180. The van der Waals surface area contributed by atoms with Crippen molar-refractivity contribution in [1.29, 1.82) is 0 Å². The molecule has 0 aromatic heterocycles. The number of esters is 2. The molecule has 0 amide bonds. The highest BCUT2D eigenvalue weighted by molar-refractivity contribution is 7.47. The largest absolute Gasteiger partial charge is 0.472 e. The Morgan fingerprint density at radius 3 is 1.93 bits per heavy atom. The van der Waals surface area contributed by atoms with Crippen molar-refractivity contribution in [3.8, 4) is 0 Å². The van der Waals surface area contributed by atoms with Crippen LogP contribution in [0.5, 0.6) is 0 Å². The lowest BCUT2D eigenvalue weighted by Crippen LogP contribution is -2.29. The van der Waals surface area contributed by atoms with Crippen molar-refractivity contribution >= 4 is 19.8 Å². The molecule has 0 heterocycles. The van der Waals surface area contributed by atoms with Crippen LogP contribution in [0.4, 0.5) is 0 Å². The standard InChI is InChI=1S/C43H73O11P/c1-4-6-24-30-39(45)31-26-21-17-12-10-8-7-9-11-13-19-23-28-33-43(48)54-41(37-53-55(49,50)52-35-40(46)34-44)36-51-42(47)32-27-22-18-15-14-16-20-25-29-38(3)5-2/h6,8-11,17,19,21,23-24,26,31,38-41,44-46H,4-5,7,12-16,18,20,22,25,27-30,32-37H2,1-3H3,(H,49,50)/b10-8-,11-9-,21-17+,23-19-,24-6-,31-26+/t38?,39?,40-,41+/m0/s1. The van der Waals surface area contributed by atoms with E-state index in [0.29, 0.717) is 25.7 Å². The minimum atomic E-state index is -4.65. The van der Waals surface area contributed by atoms with Gasteiger partial charge in [0.05, 0.1) is 25.9 Å². The molecular formula is C43H73O11P. The number of allylic oxidation sites excluding steroid dienone is 10. The molecule has 5 atom stereocenters. The smallest absolute Gasteiger partial charge is 0.462 e. The molecule has 316 valence electrons. The molecule has 0 aromatic carbocycles. The van der Waals surface area contributed by atoms with E-state index in [4.69, 9.17) is 19.1 Å². The number of carbonyl (C=O) groups excluding carboxylic acids is 2. The first-order valence-corrected chi connectivity index (χ1v) is 21.9. The lowest BCUT2D eigenvalue weighted by molar-refractivity contribution is -0.161. The van der Waals surface area contributed by atoms with E-state index in [9.17, 15) is 29.3 Å². The van der Waals surface area contributed by atoms with Gasteiger partial charge in [0.25, 0.3) is 0 Å². The predicted molar refractivity (Wildman–Crippen MR) is 220 cm³/mol. The maximum absolute atomic E-state index is 12.6. The molecular weight excluding hydrogens is 723 g/mol. The minimum Gasteiger partial charge on any atom is -0.462 e. The molecule has 0 radical (unpaired) electrons. The summed E-state index contributed by atoms with van der Waals surface area (Å²) >= 11 is 0. The first kappa shape index (κ1) is 52.4. The van der Waals surface area contributed by atoms with Crippen LogP contribution in [0, 0.1) is 5.92 Å². The summed E-state index contributed by atoms with van der Waals surface area (Å²) in [5, 5.41) is 28.1. The van der Waals surface area contributed by atoms with Crippen LogP contribution in [0.25, 0.3) is 0 Å². The monoisotopic (exact) mass is 796 g/mol. The van der Waals surface area contributed by atoms with Crippen LogP contribution in [-0.4, -0.2) is 76.9 Å². The van der Waals surface area contributed by atoms with Gasteiger partial charge in [0, 0.05) is 12.8 Å². The fraction of sp³-hybridized carbons (Fsp3) is 0.674. The van der Waals surface area contributed by atoms with Crippen LogP contribution in [0.15, 0.2) is 72.9 Å². The third kappa shape index (κ3) is 36.7. The van der Waals surface area contributed by atoms with Gasteiger partial charge in [-0.05, 0) is 50.9 Å². The number of phosphoric acid groups is 1. The van der Waals surface area contributed by atoms with Gasteiger partial charge in [0.15, 0.2) is 6.10 Å². The van der Waals surface area contributed by atoms with Crippen LogP contribution in [0.3, 0.4) is 0 Å². The Balaban J connectivity index is 4.53. The highest BCUT2D eigenvalue weighted by atomic mass is 31.2. The first-order chi connectivity index (χ1) is 26.5. The van der Waals surface area contributed by atoms with Crippen molar-refractivity contribution in [2.45, 2.75) is 155 Å². The summed E-state index contributed by atoms with van der Waals surface area (Å²) in [7, 11) is -4.65. The topological polar surface area (TPSA) is 169 Å². The van der Waals surface area contributed by atoms with Crippen molar-refractivity contribution in [2.24, 2.45) is 5.92 Å². The van der Waals surface area contributed by atoms with Crippen molar-refractivity contribution in [3.05, 3.63) is 72.9 Å². The summed E-state index contributed by atoms with van der Waals surface area (Å²) in [5.74, 6) is -0.249. The van der Waals surface area contributed by atoms with Gasteiger partial charge in [0.2, 0.25) is 0 Å². The second kappa shape index (κ2) is 37.0. The van der Waals surface area contributed by atoms with Crippen molar-refractivity contribution in [1.82, 2.24) is 0 Å². The molecule has 0 rings (SSSR count). The predicted octanol–water partition coefficient (Wildman–Crippen LogP) is 9.32. The summed E-state index contributed by atoms with van der Waals surface area (Å²) in [6, 6.07) is 0. The number of hydrogen-bond acceptors (Lipinski definition) is 10. The molecule has 0 bridgehead atoms. The zero-order valence-electron chi connectivity index (χ0n) is 33.9. The molecule has 11 nitrogen and oxygen atoms in total. The molecule has 0 saturated carbocycles. The van der Waals surface area contributed by atoms with E-state index in [0.717, 1.165) is 44.4 Å². The molecule has 12 heteroatoms. The average molecular weight is 797 g/mol. The highest BCUT2D eigenvalue weighted by Crippen LogP contribution is 2.43. The number of carbonyl (C=O) groups is 2. The zero-order chi connectivity index (χ0) is 40.8.